The third kappa shape index (κ3) is 7.39. The predicted octanol–water partition coefficient (Wildman–Crippen LogP) is 2.97. The first kappa shape index (κ1) is 25.1. The predicted molar refractivity (Wildman–Crippen MR) is 112 cm³/mol. The Bertz CT molecular complexity index is 582. The fraction of sp³-hybridized carbons (Fsp3) is 0.706. The summed E-state index contributed by atoms with van der Waals surface area (Å²) in [4.78, 5) is 30.7. The van der Waals surface area contributed by atoms with Crippen LogP contribution in [0.3, 0.4) is 0 Å². The fourth-order valence-electron chi connectivity index (χ4n) is 2.67. The number of nitrogens with zero attached hydrogens (tertiary/aromatic N) is 2. The Balaban J connectivity index is 0.00000312. The first-order valence-corrected chi connectivity index (χ1v) is 9.36. The molecule has 0 bridgehead atoms. The number of hydrogen-bond donors (Lipinski definition) is 2. The summed E-state index contributed by atoms with van der Waals surface area (Å²) in [5.41, 5.74) is 0.269. The van der Waals surface area contributed by atoms with E-state index in [1.54, 1.807) is 0 Å². The maximum Gasteiger partial charge on any atom is 0.231 e. The van der Waals surface area contributed by atoms with Gasteiger partial charge in [-0.1, -0.05) is 20.8 Å². The van der Waals surface area contributed by atoms with E-state index in [1.807, 2.05) is 38.1 Å². The summed E-state index contributed by atoms with van der Waals surface area (Å²) in [6.45, 7) is 8.24. The lowest BCUT2D eigenvalue weighted by Crippen LogP contribution is -2.41. The van der Waals surface area contributed by atoms with Gasteiger partial charge in [-0.3, -0.25) is 9.59 Å². The zero-order valence-corrected chi connectivity index (χ0v) is 18.3. The number of rotatable bonds is 5. The zero-order chi connectivity index (χ0) is 17.7. The molecule has 0 unspecified atom stereocenters. The van der Waals surface area contributed by atoms with Crippen LogP contribution >= 0.6 is 36.2 Å². The van der Waals surface area contributed by atoms with Gasteiger partial charge in [0.25, 0.3) is 0 Å². The molecule has 0 aromatic carbocycles. The van der Waals surface area contributed by atoms with Crippen molar-refractivity contribution in [3.05, 3.63) is 11.1 Å². The molecule has 0 aliphatic carbocycles. The second-order valence-corrected chi connectivity index (χ2v) is 8.26. The van der Waals surface area contributed by atoms with Crippen molar-refractivity contribution in [2.45, 2.75) is 40.0 Å². The van der Waals surface area contributed by atoms with Crippen molar-refractivity contribution in [1.82, 2.24) is 15.2 Å². The van der Waals surface area contributed by atoms with Gasteiger partial charge < -0.3 is 15.5 Å². The molecule has 1 aliphatic heterocycles. The maximum atomic E-state index is 12.4. The molecule has 2 heterocycles. The maximum absolute atomic E-state index is 12.4. The summed E-state index contributed by atoms with van der Waals surface area (Å²) < 4.78 is 0. The second kappa shape index (κ2) is 11.1. The number of nitrogens with one attached hydrogen (secondary N) is 2. The van der Waals surface area contributed by atoms with Gasteiger partial charge in [-0.25, -0.2) is 4.98 Å². The van der Waals surface area contributed by atoms with Crippen molar-refractivity contribution in [2.24, 2.45) is 11.3 Å². The molecule has 26 heavy (non-hydrogen) atoms. The van der Waals surface area contributed by atoms with Gasteiger partial charge in [-0.05, 0) is 32.4 Å². The Labute approximate surface area is 172 Å². The van der Waals surface area contributed by atoms with Crippen molar-refractivity contribution < 1.29 is 9.59 Å². The number of carbonyl (C=O) groups excluding carboxylic acids is 2. The Morgan fingerprint density at radius 2 is 1.88 bits per heavy atom. The van der Waals surface area contributed by atoms with E-state index >= 15 is 0 Å². The molecule has 1 aromatic rings. The number of likely N-dealkylation sites (tertiary alicyclic amines) is 1. The van der Waals surface area contributed by atoms with Crippen LogP contribution in [-0.4, -0.2) is 48.4 Å². The largest absolute Gasteiger partial charge is 0.342 e. The monoisotopic (exact) mass is 424 g/mol. The number of aromatic nitrogens is 1. The second-order valence-electron chi connectivity index (χ2n) is 7.41. The van der Waals surface area contributed by atoms with E-state index in [-0.39, 0.29) is 36.6 Å². The van der Waals surface area contributed by atoms with Gasteiger partial charge in [-0.15, -0.1) is 36.2 Å². The van der Waals surface area contributed by atoms with Gasteiger partial charge in [0.1, 0.15) is 0 Å². The summed E-state index contributed by atoms with van der Waals surface area (Å²) in [6, 6.07) is 0. The van der Waals surface area contributed by atoms with Gasteiger partial charge >= 0.3 is 0 Å². The van der Waals surface area contributed by atoms with Crippen LogP contribution in [0.2, 0.25) is 0 Å². The molecule has 0 spiro atoms. The van der Waals surface area contributed by atoms with Crippen LogP contribution in [0, 0.1) is 11.3 Å². The average molecular weight is 425 g/mol. The summed E-state index contributed by atoms with van der Waals surface area (Å²) in [6.07, 6.45) is 2.41. The lowest BCUT2D eigenvalue weighted by atomic mass is 9.96. The average Bonchev–Trinajstić information content (AvgIpc) is 2.94. The highest BCUT2D eigenvalue weighted by molar-refractivity contribution is 7.13. The summed E-state index contributed by atoms with van der Waals surface area (Å²) in [7, 11) is 1.97. The molecule has 2 N–H and O–H groups in total. The Kier molecular flexibility index (Phi) is 10.7. The quantitative estimate of drug-likeness (QED) is 0.761. The highest BCUT2D eigenvalue weighted by atomic mass is 35.5. The van der Waals surface area contributed by atoms with E-state index in [4.69, 9.17) is 0 Å². The molecule has 2 rings (SSSR count). The third-order valence-corrected chi connectivity index (χ3v) is 5.05. The Morgan fingerprint density at radius 3 is 2.42 bits per heavy atom. The van der Waals surface area contributed by atoms with Crippen LogP contribution in [0.15, 0.2) is 5.38 Å². The standard InChI is InChI=1S/C17H28N4O2S.2ClH/c1-17(2,3)15(23)20-16-19-13(11-24-16)9-14(22)21-7-5-12(6-8-21)10-18-4;;/h11-12,18H,5-10H2,1-4H3,(H,19,20,23);2*1H. The molecule has 6 nitrogen and oxygen atoms in total. The van der Waals surface area contributed by atoms with Gasteiger partial charge in [0.15, 0.2) is 5.13 Å². The number of hydrogen-bond acceptors (Lipinski definition) is 5. The molecule has 0 atom stereocenters. The first-order chi connectivity index (χ1) is 11.3. The van der Waals surface area contributed by atoms with E-state index in [0.717, 1.165) is 38.2 Å². The normalized spacial score (nSPS) is 15.0. The zero-order valence-electron chi connectivity index (χ0n) is 15.8. The van der Waals surface area contributed by atoms with Gasteiger partial charge in [-0.2, -0.15) is 0 Å². The Hall–Kier alpha value is -0.890. The van der Waals surface area contributed by atoms with Gasteiger partial charge in [0.05, 0.1) is 12.1 Å². The fourth-order valence-corrected chi connectivity index (χ4v) is 3.38. The van der Waals surface area contributed by atoms with Crippen molar-refractivity contribution in [3.8, 4) is 0 Å². The molecular weight excluding hydrogens is 395 g/mol. The number of halogens is 2. The molecule has 1 aromatic heterocycles. The molecule has 1 fully saturated rings. The topological polar surface area (TPSA) is 74.3 Å². The minimum atomic E-state index is -0.459. The molecular formula is C17H30Cl2N4O2S. The van der Waals surface area contributed by atoms with E-state index in [2.05, 4.69) is 15.6 Å². The van der Waals surface area contributed by atoms with Gasteiger partial charge in [0, 0.05) is 23.9 Å². The van der Waals surface area contributed by atoms with Crippen molar-refractivity contribution in [2.75, 3.05) is 32.0 Å². The molecule has 0 radical (unpaired) electrons. The molecule has 0 saturated carbocycles. The summed E-state index contributed by atoms with van der Waals surface area (Å²) in [5.74, 6) is 0.718. The number of amides is 2. The third-order valence-electron chi connectivity index (χ3n) is 4.25. The summed E-state index contributed by atoms with van der Waals surface area (Å²) in [5, 5.41) is 8.43. The van der Waals surface area contributed by atoms with Crippen LogP contribution in [0.25, 0.3) is 0 Å². The lowest BCUT2D eigenvalue weighted by Gasteiger charge is -2.31. The molecule has 1 aliphatic rings. The SMILES string of the molecule is CNCC1CCN(C(=O)Cc2csc(NC(=O)C(C)(C)C)n2)CC1.Cl.Cl. The van der Waals surface area contributed by atoms with E-state index in [9.17, 15) is 9.59 Å². The molecule has 2 amide bonds. The minimum Gasteiger partial charge on any atom is -0.342 e. The molecule has 150 valence electrons. The number of carbonyl (C=O) groups is 2. The van der Waals surface area contributed by atoms with Crippen LogP contribution < -0.4 is 10.6 Å². The minimum absolute atomic E-state index is 0. The van der Waals surface area contributed by atoms with Gasteiger partial charge in [0.2, 0.25) is 11.8 Å². The van der Waals surface area contributed by atoms with Crippen molar-refractivity contribution >= 4 is 53.1 Å². The first-order valence-electron chi connectivity index (χ1n) is 8.48. The highest BCUT2D eigenvalue weighted by Crippen LogP contribution is 2.22. The summed E-state index contributed by atoms with van der Waals surface area (Å²) >= 11 is 1.37. The van der Waals surface area contributed by atoms with Crippen LogP contribution in [0.1, 0.15) is 39.3 Å². The lowest BCUT2D eigenvalue weighted by molar-refractivity contribution is -0.131. The van der Waals surface area contributed by atoms with Crippen LogP contribution in [-0.2, 0) is 16.0 Å². The van der Waals surface area contributed by atoms with Crippen LogP contribution in [0.5, 0.6) is 0 Å². The number of thiazole rings is 1. The van der Waals surface area contributed by atoms with Crippen molar-refractivity contribution in [1.29, 1.82) is 0 Å². The van der Waals surface area contributed by atoms with E-state index < -0.39 is 5.41 Å². The molecule has 1 saturated heterocycles. The number of piperidine rings is 1. The van der Waals surface area contributed by atoms with Crippen molar-refractivity contribution in [3.63, 3.8) is 0 Å². The van der Waals surface area contributed by atoms with Crippen LogP contribution in [0.4, 0.5) is 5.13 Å². The Morgan fingerprint density at radius 1 is 1.27 bits per heavy atom. The molecule has 9 heteroatoms. The smallest absolute Gasteiger partial charge is 0.231 e. The highest BCUT2D eigenvalue weighted by Gasteiger charge is 2.24. The number of anilines is 1. The van der Waals surface area contributed by atoms with E-state index in [0.29, 0.717) is 17.5 Å². The van der Waals surface area contributed by atoms with E-state index in [1.165, 1.54) is 11.3 Å².